The molecule has 0 aliphatic rings. The molecule has 3 heterocycles. The lowest BCUT2D eigenvalue weighted by Crippen LogP contribution is -2.02. The van der Waals surface area contributed by atoms with Crippen molar-refractivity contribution in [2.45, 2.75) is 33.6 Å². The molecule has 4 rings (SSSR count). The average Bonchev–Trinajstić information content (AvgIpc) is 3.18. The van der Waals surface area contributed by atoms with Gasteiger partial charge in [-0.2, -0.15) is 0 Å². The highest BCUT2D eigenvalue weighted by molar-refractivity contribution is 5.85. The van der Waals surface area contributed by atoms with Crippen LogP contribution < -0.4 is 5.73 Å². The fourth-order valence-corrected chi connectivity index (χ4v) is 3.60. The van der Waals surface area contributed by atoms with Crippen LogP contribution in [0.4, 0.5) is 5.82 Å². The molecule has 0 atom stereocenters. The Morgan fingerprint density at radius 2 is 1.84 bits per heavy atom. The van der Waals surface area contributed by atoms with Gasteiger partial charge >= 0.3 is 0 Å². The molecule has 0 radical (unpaired) electrons. The Balaban J connectivity index is 1.98. The number of aromatic nitrogens is 4. The molecule has 0 amide bonds. The number of aryl methyl sites for hydroxylation is 1. The van der Waals surface area contributed by atoms with Crippen LogP contribution in [-0.2, 0) is 6.42 Å². The van der Waals surface area contributed by atoms with Crippen molar-refractivity contribution in [3.63, 3.8) is 0 Å². The SMILES string of the molecule is C/C=C(\C=C/CC)c1ccc2nc(-c3cccnc3N)n(-c3ccc(CC)cc3)c2n1. The molecule has 0 spiro atoms. The zero-order valence-electron chi connectivity index (χ0n) is 18.2. The molecule has 5 nitrogen and oxygen atoms in total. The van der Waals surface area contributed by atoms with Gasteiger partial charge in [-0.1, -0.05) is 44.2 Å². The highest BCUT2D eigenvalue weighted by atomic mass is 15.1. The molecule has 4 aromatic rings. The van der Waals surface area contributed by atoms with E-state index in [0.29, 0.717) is 5.82 Å². The summed E-state index contributed by atoms with van der Waals surface area (Å²) in [5.74, 6) is 1.19. The Kier molecular flexibility index (Phi) is 5.94. The van der Waals surface area contributed by atoms with Crippen LogP contribution in [0.1, 0.15) is 38.4 Å². The largest absolute Gasteiger partial charge is 0.383 e. The van der Waals surface area contributed by atoms with E-state index in [1.54, 1.807) is 6.20 Å². The molecule has 1 aromatic carbocycles. The van der Waals surface area contributed by atoms with E-state index < -0.39 is 0 Å². The summed E-state index contributed by atoms with van der Waals surface area (Å²) in [4.78, 5) is 14.2. The first-order valence-electron chi connectivity index (χ1n) is 10.7. The van der Waals surface area contributed by atoms with Gasteiger partial charge in [0.25, 0.3) is 0 Å². The summed E-state index contributed by atoms with van der Waals surface area (Å²) < 4.78 is 2.07. The van der Waals surface area contributed by atoms with Gasteiger partial charge in [-0.25, -0.2) is 15.0 Å². The van der Waals surface area contributed by atoms with Gasteiger partial charge < -0.3 is 5.73 Å². The van der Waals surface area contributed by atoms with Crippen LogP contribution in [0.3, 0.4) is 0 Å². The van der Waals surface area contributed by atoms with Gasteiger partial charge in [0.05, 0.1) is 11.3 Å². The van der Waals surface area contributed by atoms with Crippen LogP contribution in [0, 0.1) is 0 Å². The van der Waals surface area contributed by atoms with Crippen LogP contribution >= 0.6 is 0 Å². The standard InChI is InChI=1S/C26H27N5/c1-4-7-9-19(6-3)22-15-16-23-26(29-22)31(20-13-11-18(5-2)12-14-20)25(30-23)21-10-8-17-28-24(21)27/h6-17H,4-5H2,1-3H3,(H2,27,28)/b9-7-,19-6+. The van der Waals surface area contributed by atoms with Crippen molar-refractivity contribution in [1.29, 1.82) is 0 Å². The number of rotatable bonds is 6. The van der Waals surface area contributed by atoms with Crippen molar-refractivity contribution >= 4 is 22.6 Å². The van der Waals surface area contributed by atoms with E-state index in [0.717, 1.165) is 52.3 Å². The number of allylic oxidation sites excluding steroid dienone is 4. The number of nitrogens with two attached hydrogens (primary N) is 1. The summed E-state index contributed by atoms with van der Waals surface area (Å²) in [6.45, 7) is 6.31. The lowest BCUT2D eigenvalue weighted by Gasteiger charge is -2.11. The Morgan fingerprint density at radius 3 is 2.52 bits per heavy atom. The molecule has 0 saturated heterocycles. The Labute approximate surface area is 183 Å². The van der Waals surface area contributed by atoms with Crippen molar-refractivity contribution in [3.8, 4) is 17.1 Å². The molecule has 0 aliphatic carbocycles. The summed E-state index contributed by atoms with van der Waals surface area (Å²) in [6, 6.07) is 16.4. The zero-order chi connectivity index (χ0) is 21.8. The zero-order valence-corrected chi connectivity index (χ0v) is 18.2. The molecule has 31 heavy (non-hydrogen) atoms. The lowest BCUT2D eigenvalue weighted by atomic mass is 10.1. The lowest BCUT2D eigenvalue weighted by molar-refractivity contribution is 1.06. The number of nitrogen functional groups attached to an aromatic ring is 1. The third kappa shape index (κ3) is 3.99. The molecule has 0 fully saturated rings. The van der Waals surface area contributed by atoms with Gasteiger partial charge in [0, 0.05) is 11.9 Å². The van der Waals surface area contributed by atoms with Crippen LogP contribution in [0.25, 0.3) is 33.8 Å². The van der Waals surface area contributed by atoms with E-state index in [4.69, 9.17) is 15.7 Å². The minimum absolute atomic E-state index is 0.449. The van der Waals surface area contributed by atoms with Crippen molar-refractivity contribution in [2.75, 3.05) is 5.73 Å². The molecule has 0 unspecified atom stereocenters. The van der Waals surface area contributed by atoms with Gasteiger partial charge in [-0.05, 0) is 67.3 Å². The van der Waals surface area contributed by atoms with Crippen LogP contribution in [0.15, 0.2) is 73.0 Å². The number of benzene rings is 1. The molecule has 0 bridgehead atoms. The highest BCUT2D eigenvalue weighted by Crippen LogP contribution is 2.31. The smallest absolute Gasteiger partial charge is 0.165 e. The van der Waals surface area contributed by atoms with E-state index in [1.165, 1.54) is 5.56 Å². The predicted molar refractivity (Wildman–Crippen MR) is 129 cm³/mol. The van der Waals surface area contributed by atoms with E-state index in [9.17, 15) is 0 Å². The van der Waals surface area contributed by atoms with Gasteiger partial charge in [0.1, 0.15) is 11.3 Å². The van der Waals surface area contributed by atoms with Gasteiger partial charge in [-0.3, -0.25) is 4.57 Å². The summed E-state index contributed by atoms with van der Waals surface area (Å²) in [5.41, 5.74) is 12.9. The monoisotopic (exact) mass is 409 g/mol. The fourth-order valence-electron chi connectivity index (χ4n) is 3.60. The molecule has 3 aromatic heterocycles. The summed E-state index contributed by atoms with van der Waals surface area (Å²) in [6.07, 6.45) is 10.00. The Bertz CT molecular complexity index is 1260. The fraction of sp³-hybridized carbons (Fsp3) is 0.192. The molecule has 2 N–H and O–H groups in total. The molecule has 0 saturated carbocycles. The number of pyridine rings is 2. The van der Waals surface area contributed by atoms with E-state index in [2.05, 4.69) is 65.9 Å². The Hall–Kier alpha value is -3.73. The number of anilines is 1. The molecule has 156 valence electrons. The van der Waals surface area contributed by atoms with E-state index in [1.807, 2.05) is 31.2 Å². The number of imidazole rings is 1. The molecule has 5 heteroatoms. The maximum absolute atomic E-state index is 6.22. The molecular formula is C26H27N5. The first-order chi connectivity index (χ1) is 15.2. The molecule has 0 aliphatic heterocycles. The second-order valence-corrected chi connectivity index (χ2v) is 7.32. The van der Waals surface area contributed by atoms with Crippen molar-refractivity contribution in [1.82, 2.24) is 19.5 Å². The van der Waals surface area contributed by atoms with Gasteiger partial charge in [-0.15, -0.1) is 0 Å². The summed E-state index contributed by atoms with van der Waals surface area (Å²) >= 11 is 0. The van der Waals surface area contributed by atoms with Crippen molar-refractivity contribution in [3.05, 3.63) is 84.2 Å². The normalized spacial score (nSPS) is 12.2. The van der Waals surface area contributed by atoms with E-state index in [-0.39, 0.29) is 0 Å². The number of fused-ring (bicyclic) bond motifs is 1. The summed E-state index contributed by atoms with van der Waals surface area (Å²) in [7, 11) is 0. The minimum atomic E-state index is 0.449. The van der Waals surface area contributed by atoms with Crippen molar-refractivity contribution < 1.29 is 0 Å². The Morgan fingerprint density at radius 1 is 1.03 bits per heavy atom. The number of hydrogen-bond donors (Lipinski definition) is 1. The summed E-state index contributed by atoms with van der Waals surface area (Å²) in [5, 5.41) is 0. The second-order valence-electron chi connectivity index (χ2n) is 7.32. The maximum Gasteiger partial charge on any atom is 0.165 e. The third-order valence-electron chi connectivity index (χ3n) is 5.33. The average molecular weight is 410 g/mol. The van der Waals surface area contributed by atoms with Crippen LogP contribution in [0.2, 0.25) is 0 Å². The van der Waals surface area contributed by atoms with E-state index >= 15 is 0 Å². The third-order valence-corrected chi connectivity index (χ3v) is 5.33. The van der Waals surface area contributed by atoms with Crippen molar-refractivity contribution in [2.24, 2.45) is 0 Å². The highest BCUT2D eigenvalue weighted by Gasteiger charge is 2.18. The first kappa shape index (κ1) is 20.5. The van der Waals surface area contributed by atoms with Gasteiger partial charge in [0.15, 0.2) is 11.5 Å². The predicted octanol–water partition coefficient (Wildman–Crippen LogP) is 6.00. The minimum Gasteiger partial charge on any atom is -0.383 e. The number of nitrogens with zero attached hydrogens (tertiary/aromatic N) is 4. The quantitative estimate of drug-likeness (QED) is 0.397. The topological polar surface area (TPSA) is 69.6 Å². The van der Waals surface area contributed by atoms with Gasteiger partial charge in [0.2, 0.25) is 0 Å². The number of hydrogen-bond acceptors (Lipinski definition) is 4. The maximum atomic E-state index is 6.22. The molecular weight excluding hydrogens is 382 g/mol. The second kappa shape index (κ2) is 8.96. The van der Waals surface area contributed by atoms with Crippen LogP contribution in [-0.4, -0.2) is 19.5 Å². The van der Waals surface area contributed by atoms with Crippen LogP contribution in [0.5, 0.6) is 0 Å². The first-order valence-corrected chi connectivity index (χ1v) is 10.7.